The molecule has 2 fully saturated rings. The maximum Gasteiger partial charge on any atom is 0.510 e. The van der Waals surface area contributed by atoms with Crippen LogP contribution >= 0.6 is 7.82 Å². The number of carbonyl (C=O) groups is 1. The lowest BCUT2D eigenvalue weighted by atomic mass is 9.91. The summed E-state index contributed by atoms with van der Waals surface area (Å²) in [5.41, 5.74) is 4.82. The summed E-state index contributed by atoms with van der Waals surface area (Å²) in [6.45, 7) is 3.81. The van der Waals surface area contributed by atoms with Crippen molar-refractivity contribution in [2.45, 2.75) is 50.8 Å². The summed E-state index contributed by atoms with van der Waals surface area (Å²) in [4.78, 5) is 19.4. The minimum atomic E-state index is -4.15. The third-order valence-corrected chi connectivity index (χ3v) is 6.11. The molecule has 2 saturated heterocycles. The zero-order valence-corrected chi connectivity index (χ0v) is 17.8. The Morgan fingerprint density at radius 3 is 3.00 bits per heavy atom. The number of nitrogens with two attached hydrogens (primary N) is 1. The van der Waals surface area contributed by atoms with Gasteiger partial charge in [-0.2, -0.15) is 5.10 Å². The van der Waals surface area contributed by atoms with E-state index in [-0.39, 0.29) is 12.4 Å². The van der Waals surface area contributed by atoms with E-state index in [1.165, 1.54) is 24.0 Å². The van der Waals surface area contributed by atoms with Gasteiger partial charge in [0.05, 0.1) is 24.6 Å². The van der Waals surface area contributed by atoms with Crippen LogP contribution in [0.1, 0.15) is 32.6 Å². The van der Waals surface area contributed by atoms with E-state index in [2.05, 4.69) is 19.8 Å². The van der Waals surface area contributed by atoms with Crippen molar-refractivity contribution in [2.24, 2.45) is 0 Å². The fourth-order valence-corrected chi connectivity index (χ4v) is 4.71. The summed E-state index contributed by atoms with van der Waals surface area (Å²) in [6.07, 6.45) is -1.50. The number of phosphoric ester groups is 1. The van der Waals surface area contributed by atoms with Crippen molar-refractivity contribution in [1.82, 2.24) is 19.6 Å². The Morgan fingerprint density at radius 1 is 1.48 bits per heavy atom. The molecule has 0 bridgehead atoms. The van der Waals surface area contributed by atoms with E-state index >= 15 is 0 Å². The van der Waals surface area contributed by atoms with Gasteiger partial charge in [0, 0.05) is 0 Å². The van der Waals surface area contributed by atoms with Gasteiger partial charge in [0.15, 0.2) is 11.5 Å². The monoisotopic (exact) mass is 459 g/mol. The van der Waals surface area contributed by atoms with E-state index in [9.17, 15) is 14.5 Å². The lowest BCUT2D eigenvalue weighted by Crippen LogP contribution is -2.47. The van der Waals surface area contributed by atoms with Gasteiger partial charge in [0.1, 0.15) is 30.2 Å². The summed E-state index contributed by atoms with van der Waals surface area (Å²) < 4.78 is 45.2. The smallest absolute Gasteiger partial charge is 0.432 e. The number of fused-ring (bicyclic) bond motifs is 2. The van der Waals surface area contributed by atoms with Crippen LogP contribution in [0.4, 0.5) is 10.6 Å². The summed E-state index contributed by atoms with van der Waals surface area (Å²) in [5, 5.41) is 15.3. The van der Waals surface area contributed by atoms with Crippen LogP contribution in [0.3, 0.4) is 0 Å². The highest BCUT2D eigenvalue weighted by molar-refractivity contribution is 7.48. The molecule has 2 aliphatic rings. The Balaban J connectivity index is 1.48. The number of rotatable bonds is 5. The van der Waals surface area contributed by atoms with E-state index in [1.807, 2.05) is 0 Å². The van der Waals surface area contributed by atoms with Crippen molar-refractivity contribution in [3.8, 4) is 0 Å². The first-order valence-electron chi connectivity index (χ1n) is 9.33. The van der Waals surface area contributed by atoms with Gasteiger partial charge < -0.3 is 25.1 Å². The van der Waals surface area contributed by atoms with Gasteiger partial charge >= 0.3 is 14.0 Å². The second-order valence-corrected chi connectivity index (χ2v) is 9.04. The van der Waals surface area contributed by atoms with Gasteiger partial charge in [-0.25, -0.2) is 28.4 Å². The first-order valence-corrected chi connectivity index (χ1v) is 10.8. The maximum atomic E-state index is 12.8. The van der Waals surface area contributed by atoms with Crippen LogP contribution in [-0.2, 0) is 32.3 Å². The van der Waals surface area contributed by atoms with Crippen molar-refractivity contribution in [3.05, 3.63) is 18.2 Å². The standard InChI is InChI=1S/C16H22N5O9P/c1-8(2)28-15(22)25-7-27-31(24)26-5-10-12(30-31)16(3,23)11(29-10)9-4-18-14-13(17)19-6-20-21(9)14/h4,6,8,10-12,23H,5,7H2,1-3H3,(H2,17,19,20)/t10-,11+,12-,16+,31?/m1/s1. The summed E-state index contributed by atoms with van der Waals surface area (Å²) in [5.74, 6) is 0.157. The van der Waals surface area contributed by atoms with Crippen molar-refractivity contribution < 1.29 is 42.2 Å². The number of phosphoric acid groups is 1. The normalized spacial score (nSPS) is 32.9. The third-order valence-electron chi connectivity index (χ3n) is 4.74. The van der Waals surface area contributed by atoms with Gasteiger partial charge in [-0.3, -0.25) is 9.05 Å². The molecule has 0 spiro atoms. The van der Waals surface area contributed by atoms with Crippen molar-refractivity contribution >= 4 is 25.4 Å². The van der Waals surface area contributed by atoms with Gasteiger partial charge in [0.25, 0.3) is 0 Å². The number of anilines is 1. The average Bonchev–Trinajstić information content (AvgIpc) is 3.21. The molecule has 170 valence electrons. The maximum absolute atomic E-state index is 12.8. The number of imidazole rings is 1. The number of nitrogen functional groups attached to an aromatic ring is 1. The molecule has 5 atom stereocenters. The van der Waals surface area contributed by atoms with E-state index in [0.29, 0.717) is 11.3 Å². The predicted molar refractivity (Wildman–Crippen MR) is 101 cm³/mol. The molecule has 0 saturated carbocycles. The zero-order valence-electron chi connectivity index (χ0n) is 16.9. The number of aromatic nitrogens is 4. The summed E-state index contributed by atoms with van der Waals surface area (Å²) in [7, 11) is -4.15. The van der Waals surface area contributed by atoms with E-state index < -0.39 is 50.8 Å². The average molecular weight is 459 g/mol. The Morgan fingerprint density at radius 2 is 2.26 bits per heavy atom. The fraction of sp³-hybridized carbons (Fsp3) is 0.625. The molecule has 31 heavy (non-hydrogen) atoms. The fourth-order valence-electron chi connectivity index (χ4n) is 3.38. The molecule has 2 aliphatic heterocycles. The molecular weight excluding hydrogens is 437 g/mol. The molecule has 2 aromatic rings. The molecule has 0 radical (unpaired) electrons. The molecule has 4 rings (SSSR count). The highest BCUT2D eigenvalue weighted by Crippen LogP contribution is 2.59. The lowest BCUT2D eigenvalue weighted by molar-refractivity contribution is -0.0919. The van der Waals surface area contributed by atoms with Crippen LogP contribution in [0, 0.1) is 0 Å². The highest BCUT2D eigenvalue weighted by Gasteiger charge is 2.60. The first-order chi connectivity index (χ1) is 14.6. The molecular formula is C16H22N5O9P. The van der Waals surface area contributed by atoms with Crippen LogP contribution in [0.15, 0.2) is 12.5 Å². The Kier molecular flexibility index (Phi) is 5.62. The SMILES string of the molecule is CC(C)OC(=O)OCOP1(=O)OC[C@H]2O[C@@H](c3cnc4c(N)ncnn34)[C@](C)(O)[C@@H]2O1. The van der Waals surface area contributed by atoms with Crippen LogP contribution in [0.5, 0.6) is 0 Å². The summed E-state index contributed by atoms with van der Waals surface area (Å²) >= 11 is 0. The Bertz CT molecular complexity index is 1030. The zero-order chi connectivity index (χ0) is 22.4. The predicted octanol–water partition coefficient (Wildman–Crippen LogP) is 0.957. The minimum Gasteiger partial charge on any atom is -0.432 e. The van der Waals surface area contributed by atoms with Gasteiger partial charge in [-0.15, -0.1) is 0 Å². The largest absolute Gasteiger partial charge is 0.510 e. The van der Waals surface area contributed by atoms with Crippen LogP contribution < -0.4 is 5.73 Å². The van der Waals surface area contributed by atoms with Crippen molar-refractivity contribution in [2.75, 3.05) is 19.1 Å². The van der Waals surface area contributed by atoms with Crippen LogP contribution in [0.25, 0.3) is 5.65 Å². The number of ether oxygens (including phenoxy) is 3. The molecule has 0 aromatic carbocycles. The second-order valence-electron chi connectivity index (χ2n) is 7.42. The molecule has 15 heteroatoms. The third kappa shape index (κ3) is 4.10. The van der Waals surface area contributed by atoms with Gasteiger partial charge in [-0.1, -0.05) is 0 Å². The van der Waals surface area contributed by atoms with Crippen molar-refractivity contribution in [1.29, 1.82) is 0 Å². The van der Waals surface area contributed by atoms with Crippen LogP contribution in [-0.4, -0.2) is 68.2 Å². The van der Waals surface area contributed by atoms with Gasteiger partial charge in [-0.05, 0) is 20.8 Å². The van der Waals surface area contributed by atoms with E-state index in [0.717, 1.165) is 0 Å². The first kappa shape index (κ1) is 21.9. The molecule has 0 aliphatic carbocycles. The number of nitrogens with zero attached hydrogens (tertiary/aromatic N) is 4. The van der Waals surface area contributed by atoms with Crippen LogP contribution in [0.2, 0.25) is 0 Å². The van der Waals surface area contributed by atoms with Crippen molar-refractivity contribution in [3.63, 3.8) is 0 Å². The van der Waals surface area contributed by atoms with E-state index in [4.69, 9.17) is 28.8 Å². The number of hydrogen-bond donors (Lipinski definition) is 2. The lowest BCUT2D eigenvalue weighted by Gasteiger charge is -2.34. The van der Waals surface area contributed by atoms with E-state index in [1.54, 1.807) is 13.8 Å². The molecule has 4 heterocycles. The molecule has 0 amide bonds. The topological polar surface area (TPSA) is 179 Å². The second kappa shape index (κ2) is 7.97. The minimum absolute atomic E-state index is 0.157. The molecule has 14 nitrogen and oxygen atoms in total. The Labute approximate surface area is 176 Å². The highest BCUT2D eigenvalue weighted by atomic mass is 31.2. The number of carbonyl (C=O) groups excluding carboxylic acids is 1. The quantitative estimate of drug-likeness (QED) is 0.367. The molecule has 2 aromatic heterocycles. The molecule has 3 N–H and O–H groups in total. The molecule has 1 unspecified atom stereocenters. The summed E-state index contributed by atoms with van der Waals surface area (Å²) in [6, 6.07) is 0. The number of hydrogen-bond acceptors (Lipinski definition) is 13. The Hall–Kier alpha value is -2.35. The van der Waals surface area contributed by atoms with Gasteiger partial charge in [0.2, 0.25) is 6.79 Å². The number of aliphatic hydroxyl groups is 1.